The molecule has 110 valence electrons. The van der Waals surface area contributed by atoms with Gasteiger partial charge in [-0.1, -0.05) is 39.5 Å². The van der Waals surface area contributed by atoms with Gasteiger partial charge in [0.05, 0.1) is 6.10 Å². The van der Waals surface area contributed by atoms with Crippen molar-refractivity contribution in [3.05, 3.63) is 0 Å². The Labute approximate surface area is 122 Å². The van der Waals surface area contributed by atoms with E-state index in [1.54, 1.807) is 0 Å². The SMILES string of the molecule is CCC1(CC)CN=C(NC2CC(OC)C2(C)C)SC1. The van der Waals surface area contributed by atoms with Crippen molar-refractivity contribution < 1.29 is 4.74 Å². The van der Waals surface area contributed by atoms with Gasteiger partial charge < -0.3 is 10.1 Å². The lowest BCUT2D eigenvalue weighted by Gasteiger charge is -2.51. The Bertz CT molecular complexity index is 350. The van der Waals surface area contributed by atoms with Crippen LogP contribution in [0.5, 0.6) is 0 Å². The van der Waals surface area contributed by atoms with E-state index < -0.39 is 0 Å². The van der Waals surface area contributed by atoms with Crippen molar-refractivity contribution in [2.45, 2.75) is 59.1 Å². The molecule has 0 aromatic carbocycles. The van der Waals surface area contributed by atoms with Gasteiger partial charge in [0.2, 0.25) is 0 Å². The molecule has 2 atom stereocenters. The third-order valence-corrected chi connectivity index (χ3v) is 6.61. The monoisotopic (exact) mass is 284 g/mol. The topological polar surface area (TPSA) is 33.6 Å². The highest BCUT2D eigenvalue weighted by molar-refractivity contribution is 8.13. The maximum Gasteiger partial charge on any atom is 0.156 e. The molecular weight excluding hydrogens is 256 g/mol. The average molecular weight is 284 g/mol. The molecule has 1 heterocycles. The Hall–Kier alpha value is -0.220. The summed E-state index contributed by atoms with van der Waals surface area (Å²) in [6.07, 6.45) is 3.93. The number of ether oxygens (including phenoxy) is 1. The highest BCUT2D eigenvalue weighted by Crippen LogP contribution is 2.43. The number of nitrogens with zero attached hydrogens (tertiary/aromatic N) is 1. The number of hydrogen-bond acceptors (Lipinski definition) is 4. The molecule has 1 N–H and O–H groups in total. The minimum Gasteiger partial charge on any atom is -0.381 e. The quantitative estimate of drug-likeness (QED) is 0.860. The second kappa shape index (κ2) is 5.65. The van der Waals surface area contributed by atoms with Gasteiger partial charge in [0.15, 0.2) is 5.17 Å². The zero-order valence-corrected chi connectivity index (χ0v) is 13.8. The van der Waals surface area contributed by atoms with Crippen molar-refractivity contribution in [3.63, 3.8) is 0 Å². The molecule has 0 bridgehead atoms. The molecule has 2 unspecified atom stereocenters. The van der Waals surface area contributed by atoms with Crippen molar-refractivity contribution in [1.29, 1.82) is 0 Å². The van der Waals surface area contributed by atoms with Crippen LogP contribution in [0, 0.1) is 10.8 Å². The Morgan fingerprint density at radius 1 is 1.37 bits per heavy atom. The molecule has 2 rings (SSSR count). The summed E-state index contributed by atoms with van der Waals surface area (Å²) >= 11 is 1.90. The van der Waals surface area contributed by atoms with E-state index in [0.717, 1.165) is 18.1 Å². The number of thioether (sulfide) groups is 1. The fourth-order valence-corrected chi connectivity index (χ4v) is 4.32. The van der Waals surface area contributed by atoms with Gasteiger partial charge >= 0.3 is 0 Å². The maximum absolute atomic E-state index is 5.50. The summed E-state index contributed by atoms with van der Waals surface area (Å²) in [6, 6.07) is 0.499. The Kier molecular flexibility index (Phi) is 4.51. The van der Waals surface area contributed by atoms with Gasteiger partial charge in [-0.05, 0) is 24.7 Å². The van der Waals surface area contributed by atoms with Crippen molar-refractivity contribution >= 4 is 16.9 Å². The van der Waals surface area contributed by atoms with Gasteiger partial charge in [-0.15, -0.1) is 0 Å². The first-order valence-electron chi connectivity index (χ1n) is 7.44. The van der Waals surface area contributed by atoms with Gasteiger partial charge in [-0.25, -0.2) is 0 Å². The number of aliphatic imine (C=N–C) groups is 1. The first kappa shape index (κ1) is 15.2. The molecule has 1 saturated carbocycles. The number of hydrogen-bond donors (Lipinski definition) is 1. The van der Waals surface area contributed by atoms with E-state index in [1.165, 1.54) is 18.6 Å². The normalized spacial score (nSPS) is 32.4. The lowest BCUT2D eigenvalue weighted by molar-refractivity contribution is -0.0918. The van der Waals surface area contributed by atoms with Crippen LogP contribution in [0.25, 0.3) is 0 Å². The summed E-state index contributed by atoms with van der Waals surface area (Å²) in [4.78, 5) is 4.79. The fraction of sp³-hybridized carbons (Fsp3) is 0.933. The predicted molar refractivity (Wildman–Crippen MR) is 83.9 cm³/mol. The summed E-state index contributed by atoms with van der Waals surface area (Å²) in [5.74, 6) is 1.20. The highest BCUT2D eigenvalue weighted by Gasteiger charge is 2.49. The first-order chi connectivity index (χ1) is 8.97. The average Bonchev–Trinajstić information content (AvgIpc) is 2.43. The summed E-state index contributed by atoms with van der Waals surface area (Å²) in [5, 5.41) is 4.77. The Morgan fingerprint density at radius 3 is 2.47 bits per heavy atom. The van der Waals surface area contributed by atoms with Crippen LogP contribution in [0.3, 0.4) is 0 Å². The van der Waals surface area contributed by atoms with Gasteiger partial charge in [0.1, 0.15) is 0 Å². The predicted octanol–water partition coefficient (Wildman–Crippen LogP) is 3.30. The number of nitrogens with one attached hydrogen (secondary N) is 1. The summed E-state index contributed by atoms with van der Waals surface area (Å²) < 4.78 is 5.50. The molecule has 1 aliphatic carbocycles. The molecule has 19 heavy (non-hydrogen) atoms. The standard InChI is InChI=1S/C15H28N2OS/c1-6-15(7-2)9-16-13(19-10-15)17-11-8-12(18-5)14(11,3)4/h11-12H,6-10H2,1-5H3,(H,16,17). The molecule has 2 aliphatic rings. The fourth-order valence-electron chi connectivity index (χ4n) is 3.00. The van der Waals surface area contributed by atoms with Crippen molar-refractivity contribution in [3.8, 4) is 0 Å². The smallest absolute Gasteiger partial charge is 0.156 e. The van der Waals surface area contributed by atoms with Crippen LogP contribution in [0.1, 0.15) is 47.0 Å². The van der Waals surface area contributed by atoms with E-state index in [9.17, 15) is 0 Å². The van der Waals surface area contributed by atoms with Crippen molar-refractivity contribution in [2.75, 3.05) is 19.4 Å². The third-order valence-electron chi connectivity index (χ3n) is 5.33. The summed E-state index contributed by atoms with van der Waals surface area (Å²) in [7, 11) is 1.81. The summed E-state index contributed by atoms with van der Waals surface area (Å²) in [5.41, 5.74) is 0.641. The molecule has 3 nitrogen and oxygen atoms in total. The molecule has 0 radical (unpaired) electrons. The number of amidine groups is 1. The molecule has 0 aromatic heterocycles. The van der Waals surface area contributed by atoms with E-state index in [2.05, 4.69) is 33.0 Å². The number of rotatable bonds is 4. The van der Waals surface area contributed by atoms with Crippen LogP contribution in [0.4, 0.5) is 0 Å². The zero-order valence-electron chi connectivity index (χ0n) is 13.0. The van der Waals surface area contributed by atoms with E-state index in [4.69, 9.17) is 9.73 Å². The molecular formula is C15H28N2OS. The van der Waals surface area contributed by atoms with Crippen LogP contribution >= 0.6 is 11.8 Å². The van der Waals surface area contributed by atoms with Gasteiger partial charge in [-0.3, -0.25) is 4.99 Å². The number of methoxy groups -OCH3 is 1. The van der Waals surface area contributed by atoms with Crippen LogP contribution in [-0.2, 0) is 4.74 Å². The van der Waals surface area contributed by atoms with Gasteiger partial charge in [0, 0.05) is 30.9 Å². The second-order valence-corrected chi connectivity index (χ2v) is 7.56. The molecule has 1 fully saturated rings. The Morgan fingerprint density at radius 2 is 2.05 bits per heavy atom. The molecule has 0 spiro atoms. The van der Waals surface area contributed by atoms with Crippen LogP contribution in [0.2, 0.25) is 0 Å². The first-order valence-corrected chi connectivity index (χ1v) is 8.42. The second-order valence-electron chi connectivity index (χ2n) is 6.60. The van der Waals surface area contributed by atoms with E-state index >= 15 is 0 Å². The van der Waals surface area contributed by atoms with Crippen LogP contribution < -0.4 is 5.32 Å². The maximum atomic E-state index is 5.50. The van der Waals surface area contributed by atoms with Crippen molar-refractivity contribution in [1.82, 2.24) is 5.32 Å². The lowest BCUT2D eigenvalue weighted by Crippen LogP contribution is -2.61. The van der Waals surface area contributed by atoms with Gasteiger partial charge in [0.25, 0.3) is 0 Å². The largest absolute Gasteiger partial charge is 0.381 e. The van der Waals surface area contributed by atoms with E-state index in [0.29, 0.717) is 17.6 Å². The highest BCUT2D eigenvalue weighted by atomic mass is 32.2. The molecule has 0 saturated heterocycles. The summed E-state index contributed by atoms with van der Waals surface area (Å²) in [6.45, 7) is 10.1. The minimum absolute atomic E-state index is 0.210. The van der Waals surface area contributed by atoms with E-state index in [-0.39, 0.29) is 5.41 Å². The Balaban J connectivity index is 1.91. The van der Waals surface area contributed by atoms with E-state index in [1.807, 2.05) is 18.9 Å². The van der Waals surface area contributed by atoms with Crippen LogP contribution in [0.15, 0.2) is 4.99 Å². The molecule has 4 heteroatoms. The third kappa shape index (κ3) is 2.80. The lowest BCUT2D eigenvalue weighted by atomic mass is 9.64. The molecule has 0 amide bonds. The minimum atomic E-state index is 0.210. The van der Waals surface area contributed by atoms with Crippen molar-refractivity contribution in [2.24, 2.45) is 15.8 Å². The van der Waals surface area contributed by atoms with Crippen LogP contribution in [-0.4, -0.2) is 36.7 Å². The molecule has 0 aromatic rings. The molecule has 1 aliphatic heterocycles. The zero-order chi connectivity index (χ0) is 14.1. The van der Waals surface area contributed by atoms with Gasteiger partial charge in [-0.2, -0.15) is 0 Å².